The predicted octanol–water partition coefficient (Wildman–Crippen LogP) is 3.77. The van der Waals surface area contributed by atoms with Gasteiger partial charge in [0.1, 0.15) is 11.5 Å². The molecule has 0 amide bonds. The maximum Gasteiger partial charge on any atom is 0.119 e. The summed E-state index contributed by atoms with van der Waals surface area (Å²) < 4.78 is 11.1. The van der Waals surface area contributed by atoms with Gasteiger partial charge in [0.05, 0.1) is 13.2 Å². The molecule has 0 aliphatic carbocycles. The summed E-state index contributed by atoms with van der Waals surface area (Å²) in [6, 6.07) is 14.7. The fourth-order valence-corrected chi connectivity index (χ4v) is 1.66. The van der Waals surface area contributed by atoms with Gasteiger partial charge in [-0.2, -0.15) is 0 Å². The molecule has 4 heteroatoms. The summed E-state index contributed by atoms with van der Waals surface area (Å²) in [6.07, 6.45) is 0.813. The van der Waals surface area contributed by atoms with Crippen molar-refractivity contribution < 1.29 is 9.47 Å². The Morgan fingerprint density at radius 1 is 0.789 bits per heavy atom. The van der Waals surface area contributed by atoms with Crippen molar-refractivity contribution in [2.24, 2.45) is 0 Å². The standard InChI is InChI=1S/C15H16ClNO2/c16-12-2-6-14(7-3-12)18-10-1-11-19-15-8-4-13(17)5-9-15/h2-9H,1,10-11,17H2. The number of anilines is 1. The van der Waals surface area contributed by atoms with Crippen LogP contribution in [0.15, 0.2) is 48.5 Å². The van der Waals surface area contributed by atoms with Crippen LogP contribution in [0.5, 0.6) is 11.5 Å². The fraction of sp³-hybridized carbons (Fsp3) is 0.200. The minimum atomic E-state index is 0.608. The van der Waals surface area contributed by atoms with Gasteiger partial charge in [0, 0.05) is 17.1 Å². The number of hydrogen-bond acceptors (Lipinski definition) is 3. The van der Waals surface area contributed by atoms with Gasteiger partial charge in [0.25, 0.3) is 0 Å². The van der Waals surface area contributed by atoms with Gasteiger partial charge in [0.2, 0.25) is 0 Å². The summed E-state index contributed by atoms with van der Waals surface area (Å²) in [4.78, 5) is 0. The summed E-state index contributed by atoms with van der Waals surface area (Å²) in [5, 5.41) is 0.707. The van der Waals surface area contributed by atoms with E-state index < -0.39 is 0 Å². The van der Waals surface area contributed by atoms with Crippen molar-refractivity contribution in [3.05, 3.63) is 53.6 Å². The summed E-state index contributed by atoms with van der Waals surface area (Å²) >= 11 is 5.79. The molecule has 2 aromatic rings. The molecule has 19 heavy (non-hydrogen) atoms. The second kappa shape index (κ2) is 6.90. The van der Waals surface area contributed by atoms with Gasteiger partial charge in [-0.1, -0.05) is 11.6 Å². The van der Waals surface area contributed by atoms with E-state index in [-0.39, 0.29) is 0 Å². The van der Waals surface area contributed by atoms with Crippen LogP contribution < -0.4 is 15.2 Å². The van der Waals surface area contributed by atoms with E-state index in [2.05, 4.69) is 0 Å². The lowest BCUT2D eigenvalue weighted by Crippen LogP contribution is -2.04. The van der Waals surface area contributed by atoms with Crippen LogP contribution in [-0.2, 0) is 0 Å². The SMILES string of the molecule is Nc1ccc(OCCCOc2ccc(Cl)cc2)cc1. The average Bonchev–Trinajstić information content (AvgIpc) is 2.43. The van der Waals surface area contributed by atoms with E-state index in [1.54, 1.807) is 0 Å². The molecule has 0 aliphatic rings. The minimum Gasteiger partial charge on any atom is -0.493 e. The largest absolute Gasteiger partial charge is 0.493 e. The van der Waals surface area contributed by atoms with Gasteiger partial charge < -0.3 is 15.2 Å². The molecule has 0 aromatic heterocycles. The van der Waals surface area contributed by atoms with Crippen LogP contribution >= 0.6 is 11.6 Å². The number of nitrogens with two attached hydrogens (primary N) is 1. The average molecular weight is 278 g/mol. The normalized spacial score (nSPS) is 10.2. The van der Waals surface area contributed by atoms with E-state index >= 15 is 0 Å². The van der Waals surface area contributed by atoms with E-state index in [1.807, 2.05) is 48.5 Å². The van der Waals surface area contributed by atoms with Crippen molar-refractivity contribution in [1.29, 1.82) is 0 Å². The first kappa shape index (κ1) is 13.6. The third kappa shape index (κ3) is 4.72. The molecular formula is C15H16ClNO2. The molecule has 0 spiro atoms. The van der Waals surface area contributed by atoms with Gasteiger partial charge in [0.15, 0.2) is 0 Å². The summed E-state index contributed by atoms with van der Waals surface area (Å²) in [7, 11) is 0. The highest BCUT2D eigenvalue weighted by Crippen LogP contribution is 2.16. The van der Waals surface area contributed by atoms with Gasteiger partial charge in [-0.15, -0.1) is 0 Å². The smallest absolute Gasteiger partial charge is 0.119 e. The molecular weight excluding hydrogens is 262 g/mol. The Hall–Kier alpha value is -1.87. The maximum absolute atomic E-state index is 5.79. The quantitative estimate of drug-likeness (QED) is 0.646. The molecule has 100 valence electrons. The summed E-state index contributed by atoms with van der Waals surface area (Å²) in [5.41, 5.74) is 6.33. The summed E-state index contributed by atoms with van der Waals surface area (Å²) in [5.74, 6) is 1.64. The van der Waals surface area contributed by atoms with E-state index in [9.17, 15) is 0 Å². The third-order valence-corrected chi connectivity index (χ3v) is 2.77. The molecule has 0 unspecified atom stereocenters. The Balaban J connectivity index is 1.64. The number of benzene rings is 2. The van der Waals surface area contributed by atoms with Crippen molar-refractivity contribution >= 4 is 17.3 Å². The Morgan fingerprint density at radius 3 is 1.79 bits per heavy atom. The van der Waals surface area contributed by atoms with Crippen LogP contribution in [0.4, 0.5) is 5.69 Å². The topological polar surface area (TPSA) is 44.5 Å². The van der Waals surface area contributed by atoms with E-state index in [1.165, 1.54) is 0 Å². The zero-order valence-corrected chi connectivity index (χ0v) is 11.3. The van der Waals surface area contributed by atoms with Crippen molar-refractivity contribution in [2.75, 3.05) is 18.9 Å². The molecule has 3 nitrogen and oxygen atoms in total. The molecule has 0 bridgehead atoms. The van der Waals surface area contributed by atoms with Crippen molar-refractivity contribution in [2.45, 2.75) is 6.42 Å². The predicted molar refractivity (Wildman–Crippen MR) is 77.9 cm³/mol. The molecule has 0 radical (unpaired) electrons. The van der Waals surface area contributed by atoms with Crippen LogP contribution in [0.3, 0.4) is 0 Å². The van der Waals surface area contributed by atoms with Gasteiger partial charge in [-0.25, -0.2) is 0 Å². The third-order valence-electron chi connectivity index (χ3n) is 2.52. The number of nitrogen functional groups attached to an aromatic ring is 1. The lowest BCUT2D eigenvalue weighted by Gasteiger charge is -2.08. The maximum atomic E-state index is 5.79. The summed E-state index contributed by atoms with van der Waals surface area (Å²) in [6.45, 7) is 1.22. The Labute approximate surface area is 117 Å². The molecule has 0 fully saturated rings. The van der Waals surface area contributed by atoms with E-state index in [0.29, 0.717) is 18.2 Å². The highest BCUT2D eigenvalue weighted by atomic mass is 35.5. The monoisotopic (exact) mass is 277 g/mol. The first-order valence-electron chi connectivity index (χ1n) is 6.11. The molecule has 2 rings (SSSR count). The van der Waals surface area contributed by atoms with Crippen LogP contribution in [0.1, 0.15) is 6.42 Å². The number of hydrogen-bond donors (Lipinski definition) is 1. The van der Waals surface area contributed by atoms with E-state index in [4.69, 9.17) is 26.8 Å². The minimum absolute atomic E-state index is 0.608. The fourth-order valence-electron chi connectivity index (χ4n) is 1.53. The molecule has 0 heterocycles. The molecule has 0 aliphatic heterocycles. The van der Waals surface area contributed by atoms with Crippen LogP contribution in [0, 0.1) is 0 Å². The zero-order valence-electron chi connectivity index (χ0n) is 10.5. The first-order chi connectivity index (χ1) is 9.24. The van der Waals surface area contributed by atoms with E-state index in [0.717, 1.165) is 23.6 Å². The molecule has 2 N–H and O–H groups in total. The molecule has 0 saturated heterocycles. The second-order valence-electron chi connectivity index (χ2n) is 4.07. The highest BCUT2D eigenvalue weighted by Gasteiger charge is 1.96. The molecule has 0 atom stereocenters. The number of rotatable bonds is 6. The Bertz CT molecular complexity index is 449. The zero-order chi connectivity index (χ0) is 13.5. The lowest BCUT2D eigenvalue weighted by molar-refractivity contribution is 0.247. The van der Waals surface area contributed by atoms with Crippen LogP contribution in [0.25, 0.3) is 0 Å². The molecule has 0 saturated carbocycles. The lowest BCUT2D eigenvalue weighted by atomic mass is 10.3. The van der Waals surface area contributed by atoms with Crippen molar-refractivity contribution in [3.63, 3.8) is 0 Å². The Morgan fingerprint density at radius 2 is 1.26 bits per heavy atom. The van der Waals surface area contributed by atoms with Crippen molar-refractivity contribution in [3.8, 4) is 11.5 Å². The van der Waals surface area contributed by atoms with Crippen LogP contribution in [-0.4, -0.2) is 13.2 Å². The number of halogens is 1. The Kier molecular flexibility index (Phi) is 4.93. The highest BCUT2D eigenvalue weighted by molar-refractivity contribution is 6.30. The first-order valence-corrected chi connectivity index (χ1v) is 6.48. The van der Waals surface area contributed by atoms with Crippen molar-refractivity contribution in [1.82, 2.24) is 0 Å². The molecule has 2 aromatic carbocycles. The van der Waals surface area contributed by atoms with Crippen LogP contribution in [0.2, 0.25) is 5.02 Å². The van der Waals surface area contributed by atoms with Gasteiger partial charge >= 0.3 is 0 Å². The number of ether oxygens (including phenoxy) is 2. The van der Waals surface area contributed by atoms with Gasteiger partial charge in [-0.3, -0.25) is 0 Å². The second-order valence-corrected chi connectivity index (χ2v) is 4.51. The van der Waals surface area contributed by atoms with Gasteiger partial charge in [-0.05, 0) is 48.5 Å².